The van der Waals surface area contributed by atoms with E-state index in [0.717, 1.165) is 13.1 Å². The van der Waals surface area contributed by atoms with Crippen molar-refractivity contribution < 1.29 is 13.9 Å². The Kier molecular flexibility index (Phi) is 6.68. The molecule has 1 aromatic carbocycles. The van der Waals surface area contributed by atoms with Gasteiger partial charge in [0, 0.05) is 36.8 Å². The average Bonchev–Trinajstić information content (AvgIpc) is 3.28. The fourth-order valence-corrected chi connectivity index (χ4v) is 4.15. The molecule has 0 spiro atoms. The van der Waals surface area contributed by atoms with E-state index in [1.54, 1.807) is 17.9 Å². The zero-order valence-corrected chi connectivity index (χ0v) is 19.5. The summed E-state index contributed by atoms with van der Waals surface area (Å²) in [4.78, 5) is 25.2. The average molecular weight is 494 g/mol. The van der Waals surface area contributed by atoms with Crippen LogP contribution in [0, 0.1) is 5.82 Å². The number of anilines is 1. The van der Waals surface area contributed by atoms with Crippen molar-refractivity contribution in [3.05, 3.63) is 51.5 Å². The molecule has 174 valence electrons. The molecule has 1 atom stereocenters. The van der Waals surface area contributed by atoms with Crippen molar-refractivity contribution in [2.24, 2.45) is 0 Å². The summed E-state index contributed by atoms with van der Waals surface area (Å²) >= 11 is 12.3. The van der Waals surface area contributed by atoms with Crippen LogP contribution in [0.4, 0.5) is 10.2 Å². The summed E-state index contributed by atoms with van der Waals surface area (Å²) in [5.41, 5.74) is 7.29. The van der Waals surface area contributed by atoms with E-state index >= 15 is 0 Å². The number of halogens is 3. The van der Waals surface area contributed by atoms with E-state index in [1.165, 1.54) is 18.3 Å². The van der Waals surface area contributed by atoms with Gasteiger partial charge in [0.05, 0.1) is 11.2 Å². The van der Waals surface area contributed by atoms with Gasteiger partial charge in [-0.05, 0) is 32.2 Å². The number of amides is 1. The third-order valence-corrected chi connectivity index (χ3v) is 6.12. The van der Waals surface area contributed by atoms with Gasteiger partial charge in [0.2, 0.25) is 0 Å². The lowest BCUT2D eigenvalue weighted by Crippen LogP contribution is -2.47. The van der Waals surface area contributed by atoms with Crippen molar-refractivity contribution in [1.29, 1.82) is 0 Å². The monoisotopic (exact) mass is 493 g/mol. The topological polar surface area (TPSA) is 113 Å². The molecule has 1 saturated heterocycles. The van der Waals surface area contributed by atoms with Gasteiger partial charge in [-0.2, -0.15) is 5.10 Å². The number of benzene rings is 1. The summed E-state index contributed by atoms with van der Waals surface area (Å²) in [6.07, 6.45) is 0.663. The molecule has 1 aliphatic heterocycles. The van der Waals surface area contributed by atoms with E-state index in [4.69, 9.17) is 33.7 Å². The molecule has 0 bridgehead atoms. The third-order valence-electron chi connectivity index (χ3n) is 5.40. The van der Waals surface area contributed by atoms with Crippen LogP contribution in [0.5, 0.6) is 5.88 Å². The van der Waals surface area contributed by atoms with E-state index in [-0.39, 0.29) is 33.2 Å². The standard InChI is InChI=1S/C21H22Cl2FN7O2/c1-11(17-12(22)3-4-13(24)18(17)23)33-20-19(25)26-10-16(27-20)14-9-15(29-28-14)21(32)31-7-5-30(2)6-8-31/h3-4,9-11H,5-8H2,1-2H3,(H2,25,26)(H,28,29). The molecule has 3 N–H and O–H groups in total. The van der Waals surface area contributed by atoms with Gasteiger partial charge >= 0.3 is 0 Å². The van der Waals surface area contributed by atoms with Gasteiger partial charge in [0.1, 0.15) is 29.0 Å². The number of nitrogens with zero attached hydrogens (tertiary/aromatic N) is 5. The Morgan fingerprint density at radius 3 is 2.70 bits per heavy atom. The van der Waals surface area contributed by atoms with Crippen LogP contribution < -0.4 is 10.5 Å². The summed E-state index contributed by atoms with van der Waals surface area (Å²) in [7, 11) is 2.02. The molecular formula is C21H22Cl2FN7O2. The Morgan fingerprint density at radius 2 is 1.97 bits per heavy atom. The Labute approximate surface area is 199 Å². The molecule has 1 fully saturated rings. The maximum Gasteiger partial charge on any atom is 0.271 e. The first-order chi connectivity index (χ1) is 15.7. The minimum absolute atomic E-state index is 0.00587. The highest BCUT2D eigenvalue weighted by atomic mass is 35.5. The van der Waals surface area contributed by atoms with Crippen LogP contribution in [0.3, 0.4) is 0 Å². The predicted molar refractivity (Wildman–Crippen MR) is 123 cm³/mol. The second kappa shape index (κ2) is 9.50. The van der Waals surface area contributed by atoms with Crippen LogP contribution in [0.25, 0.3) is 11.4 Å². The van der Waals surface area contributed by atoms with Gasteiger partial charge in [0.15, 0.2) is 5.82 Å². The number of carbonyl (C=O) groups is 1. The highest BCUT2D eigenvalue weighted by molar-refractivity contribution is 6.36. The Balaban J connectivity index is 1.55. The van der Waals surface area contributed by atoms with Crippen LogP contribution in [0.2, 0.25) is 10.0 Å². The highest BCUT2D eigenvalue weighted by Crippen LogP contribution is 2.35. The molecule has 4 rings (SSSR count). The zero-order chi connectivity index (χ0) is 23.7. The van der Waals surface area contributed by atoms with Crippen LogP contribution in [-0.4, -0.2) is 69.1 Å². The summed E-state index contributed by atoms with van der Waals surface area (Å²) in [5, 5.41) is 7.06. The smallest absolute Gasteiger partial charge is 0.271 e. The molecule has 1 aliphatic rings. The second-order valence-corrected chi connectivity index (χ2v) is 8.51. The highest BCUT2D eigenvalue weighted by Gasteiger charge is 2.24. The van der Waals surface area contributed by atoms with Crippen LogP contribution in [0.15, 0.2) is 24.4 Å². The Morgan fingerprint density at radius 1 is 1.24 bits per heavy atom. The lowest BCUT2D eigenvalue weighted by atomic mass is 10.1. The first-order valence-electron chi connectivity index (χ1n) is 10.2. The fourth-order valence-electron chi connectivity index (χ4n) is 3.48. The predicted octanol–water partition coefficient (Wildman–Crippen LogP) is 3.42. The second-order valence-electron chi connectivity index (χ2n) is 7.72. The normalized spacial score (nSPS) is 15.5. The third kappa shape index (κ3) is 4.87. The SMILES string of the molecule is CC(Oc1nc(-c2cc(C(=O)N3CCN(C)CC3)[nH]n2)cnc1N)c1c(Cl)ccc(F)c1Cl. The van der Waals surface area contributed by atoms with E-state index in [0.29, 0.717) is 30.2 Å². The van der Waals surface area contributed by atoms with E-state index in [1.807, 2.05) is 7.05 Å². The minimum atomic E-state index is -0.763. The molecule has 2 aromatic heterocycles. The largest absolute Gasteiger partial charge is 0.467 e. The van der Waals surface area contributed by atoms with Gasteiger partial charge < -0.3 is 20.3 Å². The number of H-pyrrole nitrogens is 1. The number of likely N-dealkylation sites (N-methyl/N-ethyl adjacent to an activating group) is 1. The van der Waals surface area contributed by atoms with Crippen molar-refractivity contribution in [3.8, 4) is 17.3 Å². The van der Waals surface area contributed by atoms with Crippen LogP contribution in [-0.2, 0) is 0 Å². The maximum absolute atomic E-state index is 13.9. The van der Waals surface area contributed by atoms with Crippen LogP contribution >= 0.6 is 23.2 Å². The van der Waals surface area contributed by atoms with E-state index in [2.05, 4.69) is 25.1 Å². The number of aromatic nitrogens is 4. The van der Waals surface area contributed by atoms with E-state index < -0.39 is 11.9 Å². The quantitative estimate of drug-likeness (QED) is 0.523. The van der Waals surface area contributed by atoms with Gasteiger partial charge in [0.25, 0.3) is 11.8 Å². The minimum Gasteiger partial charge on any atom is -0.467 e. The molecule has 33 heavy (non-hydrogen) atoms. The number of aromatic amines is 1. The lowest BCUT2D eigenvalue weighted by Gasteiger charge is -2.31. The Hall–Kier alpha value is -2.95. The molecule has 0 saturated carbocycles. The number of rotatable bonds is 5. The van der Waals surface area contributed by atoms with Gasteiger partial charge in [-0.1, -0.05) is 23.2 Å². The number of nitrogen functional groups attached to an aromatic ring is 1. The number of nitrogens with two attached hydrogens (primary N) is 1. The molecule has 0 radical (unpaired) electrons. The molecule has 0 aliphatic carbocycles. The molecule has 3 heterocycles. The van der Waals surface area contributed by atoms with Crippen molar-refractivity contribution in [2.75, 3.05) is 39.0 Å². The van der Waals surface area contributed by atoms with Gasteiger partial charge in [-0.3, -0.25) is 9.89 Å². The van der Waals surface area contributed by atoms with Crippen molar-refractivity contribution in [2.45, 2.75) is 13.0 Å². The molecule has 1 unspecified atom stereocenters. The molecule has 3 aromatic rings. The summed E-state index contributed by atoms with van der Waals surface area (Å²) in [6.45, 7) is 4.56. The maximum atomic E-state index is 13.9. The molecule has 9 nitrogen and oxygen atoms in total. The molecule has 1 amide bonds. The van der Waals surface area contributed by atoms with Crippen molar-refractivity contribution in [3.63, 3.8) is 0 Å². The molecular weight excluding hydrogens is 472 g/mol. The number of nitrogens with one attached hydrogen (secondary N) is 1. The van der Waals surface area contributed by atoms with Crippen LogP contribution in [0.1, 0.15) is 29.1 Å². The van der Waals surface area contributed by atoms with Crippen molar-refractivity contribution >= 4 is 34.9 Å². The number of ether oxygens (including phenoxy) is 1. The molecule has 12 heteroatoms. The first kappa shape index (κ1) is 23.2. The Bertz CT molecular complexity index is 1180. The zero-order valence-electron chi connectivity index (χ0n) is 18.0. The number of hydrogen-bond donors (Lipinski definition) is 2. The van der Waals surface area contributed by atoms with Gasteiger partial charge in [-0.25, -0.2) is 14.4 Å². The van der Waals surface area contributed by atoms with Gasteiger partial charge in [-0.15, -0.1) is 0 Å². The summed E-state index contributed by atoms with van der Waals surface area (Å²) in [6, 6.07) is 4.18. The summed E-state index contributed by atoms with van der Waals surface area (Å²) < 4.78 is 19.7. The first-order valence-corrected chi connectivity index (χ1v) is 11.0. The van der Waals surface area contributed by atoms with E-state index in [9.17, 15) is 9.18 Å². The number of carbonyl (C=O) groups excluding carboxylic acids is 1. The number of piperazine rings is 1. The number of hydrogen-bond acceptors (Lipinski definition) is 7. The van der Waals surface area contributed by atoms with Crippen molar-refractivity contribution in [1.82, 2.24) is 30.0 Å². The summed E-state index contributed by atoms with van der Waals surface area (Å²) in [5.74, 6) is -0.719. The fraction of sp³-hybridized carbons (Fsp3) is 0.333. The lowest BCUT2D eigenvalue weighted by molar-refractivity contribution is 0.0658.